The molecule has 11 heavy (non-hydrogen) atoms. The molecule has 1 aromatic carbocycles. The SMILES string of the molecule is C=C([C]=C=O)c1ccccc1. The Bertz CT molecular complexity index is 292. The Morgan fingerprint density at radius 3 is 2.45 bits per heavy atom. The van der Waals surface area contributed by atoms with Gasteiger partial charge in [-0.15, -0.1) is 0 Å². The van der Waals surface area contributed by atoms with Gasteiger partial charge in [-0.2, -0.15) is 0 Å². The van der Waals surface area contributed by atoms with Crippen LogP contribution in [-0.2, 0) is 4.79 Å². The van der Waals surface area contributed by atoms with E-state index in [1.165, 1.54) is 0 Å². The fourth-order valence-electron chi connectivity index (χ4n) is 0.773. The molecule has 1 rings (SSSR count). The molecule has 1 aromatic rings. The number of benzene rings is 1. The number of hydrogen-bond donors (Lipinski definition) is 0. The van der Waals surface area contributed by atoms with Gasteiger partial charge < -0.3 is 0 Å². The second-order valence-corrected chi connectivity index (χ2v) is 2.07. The molecule has 0 aliphatic carbocycles. The second-order valence-electron chi connectivity index (χ2n) is 2.07. The molecule has 1 radical (unpaired) electrons. The van der Waals surface area contributed by atoms with Crippen molar-refractivity contribution in [2.24, 2.45) is 0 Å². The van der Waals surface area contributed by atoms with Gasteiger partial charge in [0.25, 0.3) is 0 Å². The fourth-order valence-corrected chi connectivity index (χ4v) is 0.773. The summed E-state index contributed by atoms with van der Waals surface area (Å²) in [5, 5.41) is 0. The normalized spacial score (nSPS) is 8.36. The lowest BCUT2D eigenvalue weighted by molar-refractivity contribution is 0.568. The van der Waals surface area contributed by atoms with Gasteiger partial charge in [-0.3, -0.25) is 0 Å². The van der Waals surface area contributed by atoms with E-state index in [2.05, 4.69) is 12.7 Å². The van der Waals surface area contributed by atoms with Crippen LogP contribution in [0.5, 0.6) is 0 Å². The maximum Gasteiger partial charge on any atom is 0.134 e. The molecule has 1 nitrogen and oxygen atoms in total. The van der Waals surface area contributed by atoms with Crippen molar-refractivity contribution in [2.45, 2.75) is 0 Å². The van der Waals surface area contributed by atoms with Crippen molar-refractivity contribution in [1.29, 1.82) is 0 Å². The number of rotatable bonds is 2. The van der Waals surface area contributed by atoms with Crippen LogP contribution in [0, 0.1) is 6.08 Å². The largest absolute Gasteiger partial charge is 0.233 e. The lowest BCUT2D eigenvalue weighted by atomic mass is 10.1. The molecule has 0 unspecified atom stereocenters. The monoisotopic (exact) mass is 143 g/mol. The molecule has 0 bridgehead atoms. The summed E-state index contributed by atoms with van der Waals surface area (Å²) in [5.41, 5.74) is 1.47. The smallest absolute Gasteiger partial charge is 0.134 e. The molecular formula is C10H7O. The van der Waals surface area contributed by atoms with Crippen molar-refractivity contribution < 1.29 is 4.79 Å². The Morgan fingerprint density at radius 1 is 1.27 bits per heavy atom. The average molecular weight is 143 g/mol. The standard InChI is InChI=1S/C10H7O/c1-9(7-8-11)10-5-3-2-4-6-10/h2-6H,1H2. The zero-order valence-electron chi connectivity index (χ0n) is 6.00. The number of carbonyl (C=O) groups excluding carboxylic acids is 1. The molecule has 0 fully saturated rings. The lowest BCUT2D eigenvalue weighted by Gasteiger charge is -1.94. The summed E-state index contributed by atoms with van der Waals surface area (Å²) >= 11 is 0. The van der Waals surface area contributed by atoms with Crippen molar-refractivity contribution in [3.63, 3.8) is 0 Å². The first-order valence-corrected chi connectivity index (χ1v) is 3.22. The fraction of sp³-hybridized carbons (Fsp3) is 0. The molecule has 1 heteroatoms. The first-order chi connectivity index (χ1) is 5.34. The minimum atomic E-state index is 0.570. The van der Waals surface area contributed by atoms with Crippen LogP contribution in [0.3, 0.4) is 0 Å². The van der Waals surface area contributed by atoms with E-state index in [1.54, 1.807) is 5.94 Å². The van der Waals surface area contributed by atoms with Crippen molar-refractivity contribution in [3.8, 4) is 0 Å². The highest BCUT2D eigenvalue weighted by molar-refractivity contribution is 5.75. The Kier molecular flexibility index (Phi) is 2.42. The van der Waals surface area contributed by atoms with Crippen LogP contribution in [0.25, 0.3) is 5.57 Å². The summed E-state index contributed by atoms with van der Waals surface area (Å²) in [4.78, 5) is 9.89. The molecule has 0 saturated heterocycles. The molecule has 0 atom stereocenters. The molecule has 53 valence electrons. The van der Waals surface area contributed by atoms with Crippen LogP contribution in [0.15, 0.2) is 36.9 Å². The molecule has 0 N–H and O–H groups in total. The molecule has 0 aliphatic rings. The quantitative estimate of drug-likeness (QED) is 0.456. The minimum absolute atomic E-state index is 0.570. The van der Waals surface area contributed by atoms with Crippen molar-refractivity contribution in [3.05, 3.63) is 48.6 Å². The van der Waals surface area contributed by atoms with E-state index in [-0.39, 0.29) is 0 Å². The summed E-state index contributed by atoms with van der Waals surface area (Å²) in [5.74, 6) is 1.57. The van der Waals surface area contributed by atoms with Crippen molar-refractivity contribution >= 4 is 11.5 Å². The molecule has 0 spiro atoms. The van der Waals surface area contributed by atoms with Gasteiger partial charge in [-0.1, -0.05) is 36.9 Å². The molecule has 0 aliphatic heterocycles. The predicted molar refractivity (Wildman–Crippen MR) is 44.4 cm³/mol. The third kappa shape index (κ3) is 1.92. The lowest BCUT2D eigenvalue weighted by Crippen LogP contribution is -1.76. The Morgan fingerprint density at radius 2 is 1.91 bits per heavy atom. The van der Waals surface area contributed by atoms with E-state index < -0.39 is 0 Å². The summed E-state index contributed by atoms with van der Waals surface area (Å²) in [6, 6.07) is 9.40. The van der Waals surface area contributed by atoms with Gasteiger partial charge in [0, 0.05) is 0 Å². The molecule has 0 aromatic heterocycles. The van der Waals surface area contributed by atoms with Crippen LogP contribution in [0.1, 0.15) is 5.56 Å². The average Bonchev–Trinajstić information content (AvgIpc) is 2.07. The number of allylic oxidation sites excluding steroid dienone is 2. The van der Waals surface area contributed by atoms with E-state index in [4.69, 9.17) is 0 Å². The summed E-state index contributed by atoms with van der Waals surface area (Å²) in [6.45, 7) is 3.64. The highest BCUT2D eigenvalue weighted by Gasteiger charge is 1.91. The zero-order valence-corrected chi connectivity index (χ0v) is 6.00. The number of hydrogen-bond acceptors (Lipinski definition) is 1. The first kappa shape index (κ1) is 7.52. The van der Waals surface area contributed by atoms with Crippen LogP contribution in [-0.4, -0.2) is 5.94 Å². The minimum Gasteiger partial charge on any atom is -0.233 e. The Balaban J connectivity index is 2.94. The third-order valence-electron chi connectivity index (χ3n) is 1.32. The highest BCUT2D eigenvalue weighted by Crippen LogP contribution is 2.09. The van der Waals surface area contributed by atoms with Crippen LogP contribution >= 0.6 is 0 Å². The summed E-state index contributed by atoms with van der Waals surface area (Å²) in [6.07, 6.45) is 2.36. The second kappa shape index (κ2) is 3.55. The van der Waals surface area contributed by atoms with Gasteiger partial charge in [-0.25, -0.2) is 4.79 Å². The van der Waals surface area contributed by atoms with Crippen LogP contribution < -0.4 is 0 Å². The van der Waals surface area contributed by atoms with Gasteiger partial charge in [0.05, 0.1) is 6.08 Å². The Labute approximate surface area is 65.7 Å². The van der Waals surface area contributed by atoms with E-state index in [1.807, 2.05) is 30.3 Å². The molecular weight excluding hydrogens is 136 g/mol. The highest BCUT2D eigenvalue weighted by atomic mass is 16.1. The topological polar surface area (TPSA) is 17.1 Å². The first-order valence-electron chi connectivity index (χ1n) is 3.22. The zero-order chi connectivity index (χ0) is 8.10. The molecule has 0 heterocycles. The maximum absolute atomic E-state index is 9.89. The maximum atomic E-state index is 9.89. The van der Waals surface area contributed by atoms with Gasteiger partial charge in [0.1, 0.15) is 5.94 Å². The van der Waals surface area contributed by atoms with Gasteiger partial charge in [0.2, 0.25) is 0 Å². The van der Waals surface area contributed by atoms with Gasteiger partial charge in [0.15, 0.2) is 0 Å². The van der Waals surface area contributed by atoms with Crippen molar-refractivity contribution in [2.75, 3.05) is 0 Å². The predicted octanol–water partition coefficient (Wildman–Crippen LogP) is 1.89. The van der Waals surface area contributed by atoms with Gasteiger partial charge in [-0.05, 0) is 11.1 Å². The molecule has 0 saturated carbocycles. The van der Waals surface area contributed by atoms with E-state index in [0.29, 0.717) is 5.57 Å². The Hall–Kier alpha value is -1.59. The van der Waals surface area contributed by atoms with E-state index in [0.717, 1.165) is 5.56 Å². The summed E-state index contributed by atoms with van der Waals surface area (Å²) in [7, 11) is 0. The third-order valence-corrected chi connectivity index (χ3v) is 1.32. The van der Waals surface area contributed by atoms with E-state index in [9.17, 15) is 4.79 Å². The van der Waals surface area contributed by atoms with Crippen LogP contribution in [0.2, 0.25) is 0 Å². The molecule has 0 amide bonds. The summed E-state index contributed by atoms with van der Waals surface area (Å²) < 4.78 is 0. The van der Waals surface area contributed by atoms with Gasteiger partial charge >= 0.3 is 0 Å². The van der Waals surface area contributed by atoms with Crippen LogP contribution in [0.4, 0.5) is 0 Å². The van der Waals surface area contributed by atoms with E-state index >= 15 is 0 Å². The van der Waals surface area contributed by atoms with Crippen molar-refractivity contribution in [1.82, 2.24) is 0 Å².